The predicted molar refractivity (Wildman–Crippen MR) is 66.8 cm³/mol. The van der Waals surface area contributed by atoms with Gasteiger partial charge in [0.05, 0.1) is 5.10 Å². The Morgan fingerprint density at radius 1 is 1.06 bits per heavy atom. The molecule has 0 amide bonds. The molecule has 0 fully saturated rings. The summed E-state index contributed by atoms with van der Waals surface area (Å²) in [5, 5.41) is 15.4. The van der Waals surface area contributed by atoms with Crippen LogP contribution in [0, 0.1) is 5.41 Å². The Kier molecular flexibility index (Phi) is 2.44. The zero-order valence-electron chi connectivity index (χ0n) is 9.49. The maximum Gasteiger partial charge on any atom is 0.252 e. The molecule has 2 aromatic carbocycles. The van der Waals surface area contributed by atoms with Crippen LogP contribution in [0.1, 0.15) is 0 Å². The summed E-state index contributed by atoms with van der Waals surface area (Å²) in [5.74, 6) is 0. The molecule has 18 heavy (non-hydrogen) atoms. The summed E-state index contributed by atoms with van der Waals surface area (Å²) < 4.78 is 0. The molecule has 5 nitrogen and oxygen atoms in total. The quantitative estimate of drug-likeness (QED) is 0.535. The average Bonchev–Trinajstić information content (AvgIpc) is 2.80. The van der Waals surface area contributed by atoms with E-state index in [1.165, 1.54) is 0 Å². The van der Waals surface area contributed by atoms with E-state index >= 15 is 0 Å². The van der Waals surface area contributed by atoms with Crippen molar-refractivity contribution in [2.45, 2.75) is 0 Å². The van der Waals surface area contributed by atoms with Gasteiger partial charge in [0.2, 0.25) is 5.52 Å². The summed E-state index contributed by atoms with van der Waals surface area (Å²) >= 11 is 0. The monoisotopic (exact) mass is 236 g/mol. The van der Waals surface area contributed by atoms with Gasteiger partial charge in [-0.25, -0.2) is 5.41 Å². The van der Waals surface area contributed by atoms with Crippen LogP contribution in [0.15, 0.2) is 59.7 Å². The van der Waals surface area contributed by atoms with Gasteiger partial charge in [0.15, 0.2) is 0 Å². The first-order chi connectivity index (χ1) is 8.90. The summed E-state index contributed by atoms with van der Waals surface area (Å²) in [6.07, 6.45) is 0. The molecule has 1 heterocycles. The van der Waals surface area contributed by atoms with Crippen LogP contribution in [-0.2, 0) is 0 Å². The van der Waals surface area contributed by atoms with Gasteiger partial charge >= 0.3 is 0 Å². The molecule has 3 aromatic rings. The van der Waals surface area contributed by atoms with Crippen molar-refractivity contribution in [3.05, 3.63) is 54.6 Å². The van der Waals surface area contributed by atoms with Gasteiger partial charge in [0, 0.05) is 9.90 Å². The van der Waals surface area contributed by atoms with Crippen LogP contribution in [0.4, 0.5) is 0 Å². The molecule has 5 heteroatoms. The van der Waals surface area contributed by atoms with Gasteiger partial charge in [-0.3, -0.25) is 0 Å². The molecular weight excluding hydrogens is 226 g/mol. The number of para-hydroxylation sites is 2. The molecule has 0 saturated heterocycles. The molecule has 0 aliphatic heterocycles. The van der Waals surface area contributed by atoms with Crippen LogP contribution in [0.3, 0.4) is 0 Å². The third kappa shape index (κ3) is 1.59. The van der Waals surface area contributed by atoms with Crippen LogP contribution >= 0.6 is 0 Å². The molecule has 0 unspecified atom stereocenters. The largest absolute Gasteiger partial charge is 0.252 e. The Hall–Kier alpha value is -2.78. The van der Waals surface area contributed by atoms with E-state index in [1.54, 1.807) is 9.59 Å². The van der Waals surface area contributed by atoms with Gasteiger partial charge in [-0.1, -0.05) is 30.3 Å². The van der Waals surface area contributed by atoms with E-state index in [9.17, 15) is 0 Å². The fourth-order valence-electron chi connectivity index (χ4n) is 1.84. The first-order valence-electron chi connectivity index (χ1n) is 5.48. The van der Waals surface area contributed by atoms with Crippen molar-refractivity contribution in [3.63, 3.8) is 0 Å². The smallest absolute Gasteiger partial charge is 0.238 e. The van der Waals surface area contributed by atoms with Gasteiger partial charge in [-0.2, -0.15) is 0 Å². The number of rotatable bonds is 2. The number of aromatic nitrogens is 3. The summed E-state index contributed by atoms with van der Waals surface area (Å²) in [6, 6.07) is 19.4. The van der Waals surface area contributed by atoms with E-state index in [2.05, 4.69) is 10.2 Å². The molecule has 0 saturated carbocycles. The van der Waals surface area contributed by atoms with Gasteiger partial charge in [0.25, 0.3) is 5.52 Å². The van der Waals surface area contributed by atoms with E-state index in [4.69, 9.17) is 5.41 Å². The Labute approximate surface area is 103 Å². The fourth-order valence-corrected chi connectivity index (χ4v) is 1.84. The van der Waals surface area contributed by atoms with Gasteiger partial charge in [0.1, 0.15) is 11.7 Å². The molecule has 0 radical (unpaired) electrons. The van der Waals surface area contributed by atoms with Gasteiger partial charge in [-0.15, -0.1) is 0 Å². The predicted octanol–water partition coefficient (Wildman–Crippen LogP) is 1.83. The highest BCUT2D eigenvalue weighted by atomic mass is 15.7. The zero-order valence-corrected chi connectivity index (χ0v) is 9.49. The minimum atomic E-state index is 0.820. The van der Waals surface area contributed by atoms with Crippen LogP contribution in [0.5, 0.6) is 0 Å². The number of benzene rings is 2. The zero-order chi connectivity index (χ0) is 12.4. The molecule has 0 aliphatic carbocycles. The summed E-state index contributed by atoms with van der Waals surface area (Å²) in [7, 11) is 0. The van der Waals surface area contributed by atoms with Gasteiger partial charge in [-0.05, 0) is 29.1 Å². The van der Waals surface area contributed by atoms with Gasteiger partial charge < -0.3 is 0 Å². The van der Waals surface area contributed by atoms with E-state index < -0.39 is 0 Å². The van der Waals surface area contributed by atoms with Crippen molar-refractivity contribution in [1.29, 1.82) is 5.41 Å². The maximum absolute atomic E-state index is 7.03. The lowest BCUT2D eigenvalue weighted by molar-refractivity contribution is -0.731. The minimum Gasteiger partial charge on any atom is -0.238 e. The molecule has 86 valence electrons. The second-order valence-electron chi connectivity index (χ2n) is 3.71. The molecule has 0 spiro atoms. The van der Waals surface area contributed by atoms with Crippen LogP contribution in [-0.4, -0.2) is 15.9 Å². The van der Waals surface area contributed by atoms with Crippen LogP contribution < -0.4 is 4.79 Å². The fraction of sp³-hybridized carbons (Fsp3) is 0. The van der Waals surface area contributed by atoms with Crippen molar-refractivity contribution in [1.82, 2.24) is 9.90 Å². The van der Waals surface area contributed by atoms with E-state index in [-0.39, 0.29) is 0 Å². The molecule has 3 rings (SSSR count). The lowest BCUT2D eigenvalue weighted by atomic mass is 10.3. The first-order valence-corrected chi connectivity index (χ1v) is 5.48. The van der Waals surface area contributed by atoms with E-state index in [0.29, 0.717) is 0 Å². The normalized spacial score (nSPS) is 10.2. The van der Waals surface area contributed by atoms with Crippen molar-refractivity contribution < 1.29 is 4.79 Å². The lowest BCUT2D eigenvalue weighted by Gasteiger charge is -1.94. The highest BCUT2D eigenvalue weighted by Gasteiger charge is 2.19. The Bertz CT molecular complexity index is 738. The lowest BCUT2D eigenvalue weighted by Crippen LogP contribution is -2.38. The minimum absolute atomic E-state index is 0.820. The Morgan fingerprint density at radius 3 is 2.56 bits per heavy atom. The van der Waals surface area contributed by atoms with Crippen molar-refractivity contribution >= 4 is 17.0 Å². The van der Waals surface area contributed by atoms with Crippen LogP contribution in [0.2, 0.25) is 0 Å². The Balaban J connectivity index is 2.35. The highest BCUT2D eigenvalue weighted by Crippen LogP contribution is 2.10. The summed E-state index contributed by atoms with van der Waals surface area (Å²) in [6.45, 7) is 0. The van der Waals surface area contributed by atoms with E-state index in [1.807, 2.05) is 60.6 Å². The molecule has 0 bridgehead atoms. The molecule has 1 N–H and O–H groups in total. The molecular formula is C13H10N5+. The summed E-state index contributed by atoms with van der Waals surface area (Å²) in [4.78, 5) is 3.20. The molecule has 1 aromatic heterocycles. The third-order valence-electron chi connectivity index (χ3n) is 2.61. The van der Waals surface area contributed by atoms with Crippen molar-refractivity contribution in [2.75, 3.05) is 0 Å². The first kappa shape index (κ1) is 10.4. The number of hydrogen-bond acceptors (Lipinski definition) is 3. The van der Waals surface area contributed by atoms with E-state index in [0.717, 1.165) is 16.7 Å². The Morgan fingerprint density at radius 2 is 1.78 bits per heavy atom. The summed E-state index contributed by atoms with van der Waals surface area (Å²) in [5.41, 5.74) is 2.54. The average molecular weight is 236 g/mol. The molecule has 0 atom stereocenters. The van der Waals surface area contributed by atoms with Crippen molar-refractivity contribution in [2.24, 2.45) is 5.10 Å². The van der Waals surface area contributed by atoms with Crippen LogP contribution in [0.25, 0.3) is 16.7 Å². The topological polar surface area (TPSA) is 57.9 Å². The number of nitrogens with one attached hydrogen (secondary N) is 1. The standard InChI is InChI=1S/C13H10N5/c14-10-15-18-13-9-5-4-8-12(13)16-17(18)11-6-2-1-3-7-11/h1-9,14H/q+1. The highest BCUT2D eigenvalue weighted by molar-refractivity contribution is 5.70. The number of hydrogen-bond donors (Lipinski definition) is 1. The second kappa shape index (κ2) is 4.24. The number of fused-ring (bicyclic) bond motifs is 1. The third-order valence-corrected chi connectivity index (χ3v) is 2.61. The second-order valence-corrected chi connectivity index (χ2v) is 3.71. The SMILES string of the molecule is N=C=N[n+]1c2ccccc2nn1-c1ccccc1. The maximum atomic E-state index is 7.03. The number of nitrogens with zero attached hydrogens (tertiary/aromatic N) is 4. The van der Waals surface area contributed by atoms with Crippen molar-refractivity contribution in [3.8, 4) is 5.69 Å². The molecule has 0 aliphatic rings.